The summed E-state index contributed by atoms with van der Waals surface area (Å²) in [5, 5.41) is 0. The minimum absolute atomic E-state index is 0.721. The molecule has 0 aliphatic heterocycles. The Hall–Kier alpha value is -0.340. The monoisotopic (exact) mass is 295 g/mol. The summed E-state index contributed by atoms with van der Waals surface area (Å²) in [6.45, 7) is 3.22. The molecule has 3 unspecified atom stereocenters. The zero-order chi connectivity index (χ0) is 12.3. The van der Waals surface area contributed by atoms with Crippen LogP contribution in [0.2, 0.25) is 0 Å². The maximum absolute atomic E-state index is 5.92. The van der Waals surface area contributed by atoms with Crippen LogP contribution < -0.4 is 5.73 Å². The smallest absolute Gasteiger partial charge is 0.0207 e. The predicted octanol–water partition coefficient (Wildman–Crippen LogP) is 4.00. The molecule has 1 aromatic rings. The molecule has 0 saturated heterocycles. The van der Waals surface area contributed by atoms with Gasteiger partial charge >= 0.3 is 0 Å². The minimum atomic E-state index is 0.721. The van der Waals surface area contributed by atoms with E-state index in [4.69, 9.17) is 5.73 Å². The van der Waals surface area contributed by atoms with E-state index in [-0.39, 0.29) is 0 Å². The molecule has 2 rings (SSSR count). The van der Waals surface area contributed by atoms with Crippen molar-refractivity contribution in [3.05, 3.63) is 34.3 Å². The van der Waals surface area contributed by atoms with Crippen LogP contribution in [0.1, 0.15) is 31.7 Å². The van der Waals surface area contributed by atoms with E-state index < -0.39 is 0 Å². The van der Waals surface area contributed by atoms with Crippen LogP contribution in [0.4, 0.5) is 0 Å². The fourth-order valence-corrected chi connectivity index (χ4v) is 3.51. The van der Waals surface area contributed by atoms with Gasteiger partial charge in [-0.2, -0.15) is 0 Å². The molecule has 2 N–H and O–H groups in total. The molecule has 0 aromatic heterocycles. The highest BCUT2D eigenvalue weighted by Gasteiger charge is 2.27. The normalized spacial score (nSPS) is 29.2. The van der Waals surface area contributed by atoms with Crippen LogP contribution in [0.15, 0.2) is 28.7 Å². The Balaban J connectivity index is 2.07. The van der Waals surface area contributed by atoms with Gasteiger partial charge in [-0.3, -0.25) is 0 Å². The Morgan fingerprint density at radius 2 is 2.00 bits per heavy atom. The minimum Gasteiger partial charge on any atom is -0.330 e. The number of hydrogen-bond donors (Lipinski definition) is 1. The number of nitrogens with two attached hydrogens (primary N) is 1. The average molecular weight is 296 g/mol. The second kappa shape index (κ2) is 6.01. The SMILES string of the molecule is CC1CCC(CN)C(Cc2ccccc2Br)C1. The Morgan fingerprint density at radius 1 is 1.24 bits per heavy atom. The molecule has 0 bridgehead atoms. The van der Waals surface area contributed by atoms with E-state index in [1.807, 2.05) is 0 Å². The first kappa shape index (κ1) is 13.1. The van der Waals surface area contributed by atoms with Gasteiger partial charge in [-0.1, -0.05) is 47.5 Å². The summed E-state index contributed by atoms with van der Waals surface area (Å²) in [6, 6.07) is 8.58. The third-order valence-corrected chi connectivity index (χ3v) is 4.92. The van der Waals surface area contributed by atoms with Gasteiger partial charge in [0.2, 0.25) is 0 Å². The van der Waals surface area contributed by atoms with Crippen LogP contribution in [0, 0.1) is 17.8 Å². The first-order valence-electron chi connectivity index (χ1n) is 6.64. The molecule has 3 atom stereocenters. The van der Waals surface area contributed by atoms with E-state index in [1.54, 1.807) is 0 Å². The molecular formula is C15H22BrN. The molecule has 1 aromatic carbocycles. The van der Waals surface area contributed by atoms with Crippen molar-refractivity contribution < 1.29 is 0 Å². The highest BCUT2D eigenvalue weighted by atomic mass is 79.9. The average Bonchev–Trinajstić information content (AvgIpc) is 2.32. The number of rotatable bonds is 3. The molecule has 0 amide bonds. The maximum atomic E-state index is 5.92. The lowest BCUT2D eigenvalue weighted by molar-refractivity contribution is 0.193. The lowest BCUT2D eigenvalue weighted by atomic mass is 9.72. The van der Waals surface area contributed by atoms with Crippen molar-refractivity contribution in [2.45, 2.75) is 32.6 Å². The number of halogens is 1. The molecule has 1 nitrogen and oxygen atoms in total. The fourth-order valence-electron chi connectivity index (χ4n) is 3.07. The molecule has 1 fully saturated rings. The molecule has 2 heteroatoms. The van der Waals surface area contributed by atoms with Gasteiger partial charge < -0.3 is 5.73 Å². The maximum Gasteiger partial charge on any atom is 0.0207 e. The molecule has 1 aliphatic rings. The third-order valence-electron chi connectivity index (χ3n) is 4.14. The highest BCUT2D eigenvalue weighted by molar-refractivity contribution is 9.10. The van der Waals surface area contributed by atoms with Crippen LogP contribution in [0.25, 0.3) is 0 Å². The Bertz CT molecular complexity index is 364. The van der Waals surface area contributed by atoms with E-state index >= 15 is 0 Å². The molecule has 0 spiro atoms. The predicted molar refractivity (Wildman–Crippen MR) is 76.9 cm³/mol. The molecule has 1 aliphatic carbocycles. The molecule has 0 radical (unpaired) electrons. The van der Waals surface area contributed by atoms with E-state index in [0.29, 0.717) is 0 Å². The zero-order valence-corrected chi connectivity index (χ0v) is 12.1. The number of hydrogen-bond acceptors (Lipinski definition) is 1. The van der Waals surface area contributed by atoms with Gasteiger partial charge in [-0.15, -0.1) is 0 Å². The summed E-state index contributed by atoms with van der Waals surface area (Å²) in [5.74, 6) is 2.35. The number of benzene rings is 1. The molecule has 94 valence electrons. The van der Waals surface area contributed by atoms with Crippen molar-refractivity contribution in [3.63, 3.8) is 0 Å². The van der Waals surface area contributed by atoms with Crippen LogP contribution in [0.3, 0.4) is 0 Å². The molecule has 0 heterocycles. The summed E-state index contributed by atoms with van der Waals surface area (Å²) in [5.41, 5.74) is 7.35. The van der Waals surface area contributed by atoms with E-state index in [0.717, 1.165) is 24.3 Å². The van der Waals surface area contributed by atoms with Gasteiger partial charge in [0.25, 0.3) is 0 Å². The van der Waals surface area contributed by atoms with Crippen molar-refractivity contribution in [2.24, 2.45) is 23.5 Å². The lowest BCUT2D eigenvalue weighted by Crippen LogP contribution is -2.31. The third kappa shape index (κ3) is 3.32. The summed E-state index contributed by atoms with van der Waals surface area (Å²) in [7, 11) is 0. The summed E-state index contributed by atoms with van der Waals surface area (Å²) >= 11 is 3.65. The van der Waals surface area contributed by atoms with Crippen LogP contribution in [-0.2, 0) is 6.42 Å². The lowest BCUT2D eigenvalue weighted by Gasteiger charge is -2.34. The quantitative estimate of drug-likeness (QED) is 0.896. The molecular weight excluding hydrogens is 274 g/mol. The van der Waals surface area contributed by atoms with Crippen molar-refractivity contribution in [1.82, 2.24) is 0 Å². The van der Waals surface area contributed by atoms with Gasteiger partial charge in [-0.05, 0) is 55.2 Å². The standard InChI is InChI=1S/C15H22BrN/c1-11-6-7-13(10-17)14(8-11)9-12-4-2-3-5-15(12)16/h2-5,11,13-14H,6-10,17H2,1H3. The van der Waals surface area contributed by atoms with E-state index in [9.17, 15) is 0 Å². The van der Waals surface area contributed by atoms with Crippen molar-refractivity contribution in [1.29, 1.82) is 0 Å². The molecule has 17 heavy (non-hydrogen) atoms. The second-order valence-corrected chi connectivity index (χ2v) is 6.32. The van der Waals surface area contributed by atoms with Gasteiger partial charge in [-0.25, -0.2) is 0 Å². The Labute approximate surface area is 113 Å². The largest absolute Gasteiger partial charge is 0.330 e. The van der Waals surface area contributed by atoms with Gasteiger partial charge in [0.1, 0.15) is 0 Å². The van der Waals surface area contributed by atoms with Crippen LogP contribution >= 0.6 is 15.9 Å². The van der Waals surface area contributed by atoms with Crippen LogP contribution in [0.5, 0.6) is 0 Å². The summed E-state index contributed by atoms with van der Waals surface area (Å²) in [6.07, 6.45) is 5.18. The van der Waals surface area contributed by atoms with Crippen LogP contribution in [-0.4, -0.2) is 6.54 Å². The van der Waals surface area contributed by atoms with Crippen molar-refractivity contribution in [3.8, 4) is 0 Å². The molecule has 1 saturated carbocycles. The van der Waals surface area contributed by atoms with Crippen molar-refractivity contribution >= 4 is 15.9 Å². The van der Waals surface area contributed by atoms with Gasteiger partial charge in [0.15, 0.2) is 0 Å². The summed E-state index contributed by atoms with van der Waals surface area (Å²) < 4.78 is 1.24. The van der Waals surface area contributed by atoms with Gasteiger partial charge in [0, 0.05) is 4.47 Å². The van der Waals surface area contributed by atoms with E-state index in [1.165, 1.54) is 35.7 Å². The Kier molecular flexibility index (Phi) is 4.63. The summed E-state index contributed by atoms with van der Waals surface area (Å²) in [4.78, 5) is 0. The van der Waals surface area contributed by atoms with E-state index in [2.05, 4.69) is 47.1 Å². The Morgan fingerprint density at radius 3 is 2.71 bits per heavy atom. The first-order valence-corrected chi connectivity index (χ1v) is 7.43. The van der Waals surface area contributed by atoms with Crippen molar-refractivity contribution in [2.75, 3.05) is 6.54 Å². The fraction of sp³-hybridized carbons (Fsp3) is 0.600. The topological polar surface area (TPSA) is 26.0 Å². The zero-order valence-electron chi connectivity index (χ0n) is 10.5. The van der Waals surface area contributed by atoms with Gasteiger partial charge in [0.05, 0.1) is 0 Å². The second-order valence-electron chi connectivity index (χ2n) is 5.47. The highest BCUT2D eigenvalue weighted by Crippen LogP contribution is 2.36. The first-order chi connectivity index (χ1) is 8.20.